The van der Waals surface area contributed by atoms with Gasteiger partial charge in [-0.05, 0) is 51.0 Å². The minimum Gasteiger partial charge on any atom is -0.351 e. The number of piperidine rings is 1. The van der Waals surface area contributed by atoms with Crippen LogP contribution in [-0.2, 0) is 0 Å². The maximum absolute atomic E-state index is 11.7. The lowest BCUT2D eigenvalue weighted by Crippen LogP contribution is -2.33. The number of carbonyl (C=O) groups is 1. The van der Waals surface area contributed by atoms with E-state index in [0.717, 1.165) is 13.0 Å². The first-order chi connectivity index (χ1) is 9.25. The van der Waals surface area contributed by atoms with Crippen molar-refractivity contribution < 1.29 is 4.79 Å². The molecule has 104 valence electrons. The summed E-state index contributed by atoms with van der Waals surface area (Å²) in [4.78, 5) is 14.2. The van der Waals surface area contributed by atoms with Gasteiger partial charge < -0.3 is 10.2 Å². The van der Waals surface area contributed by atoms with Crippen molar-refractivity contribution in [2.24, 2.45) is 0 Å². The van der Waals surface area contributed by atoms with Gasteiger partial charge in [0.25, 0.3) is 5.91 Å². The molecule has 0 aromatic carbocycles. The molecule has 19 heavy (non-hydrogen) atoms. The lowest BCUT2D eigenvalue weighted by Gasteiger charge is -2.26. The van der Waals surface area contributed by atoms with Crippen LogP contribution in [0.4, 0.5) is 0 Å². The Balaban J connectivity index is 1.64. The van der Waals surface area contributed by atoms with Gasteiger partial charge in [-0.1, -0.05) is 18.0 Å². The molecule has 1 amide bonds. The van der Waals surface area contributed by atoms with Crippen LogP contribution in [0.2, 0.25) is 5.15 Å². The van der Waals surface area contributed by atoms with Gasteiger partial charge in [0.2, 0.25) is 0 Å². The van der Waals surface area contributed by atoms with Crippen LogP contribution < -0.4 is 5.32 Å². The number of hydrogen-bond donors (Lipinski definition) is 1. The number of aromatic nitrogens is 2. The van der Waals surface area contributed by atoms with E-state index < -0.39 is 0 Å². The van der Waals surface area contributed by atoms with Crippen LogP contribution in [0.25, 0.3) is 0 Å². The van der Waals surface area contributed by atoms with Gasteiger partial charge in [-0.2, -0.15) is 0 Å². The van der Waals surface area contributed by atoms with E-state index in [0.29, 0.717) is 17.4 Å². The van der Waals surface area contributed by atoms with Gasteiger partial charge in [0.15, 0.2) is 10.8 Å². The first kappa shape index (κ1) is 14.2. The fraction of sp³-hybridized carbons (Fsp3) is 0.615. The zero-order valence-electron chi connectivity index (χ0n) is 10.9. The van der Waals surface area contributed by atoms with E-state index >= 15 is 0 Å². The molecular weight excluding hydrogens is 264 g/mol. The van der Waals surface area contributed by atoms with Gasteiger partial charge in [0, 0.05) is 6.54 Å². The first-order valence-electron chi connectivity index (χ1n) is 6.75. The Hall–Kier alpha value is -1.20. The lowest BCUT2D eigenvalue weighted by atomic mass is 10.1. The molecule has 1 aromatic rings. The number of nitrogens with zero attached hydrogens (tertiary/aromatic N) is 3. The SMILES string of the molecule is O=C(NCCCN1CCCCC1)c1ccc(Cl)nn1. The third kappa shape index (κ3) is 4.76. The highest BCUT2D eigenvalue weighted by Crippen LogP contribution is 2.08. The predicted molar refractivity (Wildman–Crippen MR) is 74.3 cm³/mol. The van der Waals surface area contributed by atoms with Crippen LogP contribution in [-0.4, -0.2) is 47.2 Å². The van der Waals surface area contributed by atoms with Gasteiger partial charge in [-0.15, -0.1) is 10.2 Å². The lowest BCUT2D eigenvalue weighted by molar-refractivity contribution is 0.0945. The maximum Gasteiger partial charge on any atom is 0.271 e. The van der Waals surface area contributed by atoms with Crippen LogP contribution in [0.3, 0.4) is 0 Å². The number of halogens is 1. The molecule has 1 aliphatic heterocycles. The van der Waals surface area contributed by atoms with Crippen LogP contribution in [0, 0.1) is 0 Å². The van der Waals surface area contributed by atoms with E-state index in [2.05, 4.69) is 20.4 Å². The quantitative estimate of drug-likeness (QED) is 0.836. The summed E-state index contributed by atoms with van der Waals surface area (Å²) in [6.07, 6.45) is 4.91. The monoisotopic (exact) mass is 282 g/mol. The van der Waals surface area contributed by atoms with Crippen LogP contribution in [0.1, 0.15) is 36.2 Å². The van der Waals surface area contributed by atoms with Crippen LogP contribution in [0.15, 0.2) is 12.1 Å². The van der Waals surface area contributed by atoms with E-state index in [4.69, 9.17) is 11.6 Å². The number of amides is 1. The zero-order chi connectivity index (χ0) is 13.5. The highest BCUT2D eigenvalue weighted by molar-refractivity contribution is 6.29. The fourth-order valence-electron chi connectivity index (χ4n) is 2.22. The summed E-state index contributed by atoms with van der Waals surface area (Å²) in [5.74, 6) is -0.192. The third-order valence-electron chi connectivity index (χ3n) is 3.25. The van der Waals surface area contributed by atoms with E-state index in [9.17, 15) is 4.79 Å². The van der Waals surface area contributed by atoms with Crippen molar-refractivity contribution in [2.45, 2.75) is 25.7 Å². The number of nitrogens with one attached hydrogen (secondary N) is 1. The summed E-state index contributed by atoms with van der Waals surface area (Å²) in [5, 5.41) is 10.5. The molecule has 6 heteroatoms. The number of carbonyl (C=O) groups excluding carboxylic acids is 1. The molecule has 0 bridgehead atoms. The van der Waals surface area contributed by atoms with Crippen molar-refractivity contribution in [2.75, 3.05) is 26.2 Å². The molecule has 0 atom stereocenters. The van der Waals surface area contributed by atoms with Gasteiger partial charge in [-0.25, -0.2) is 0 Å². The molecule has 0 spiro atoms. The summed E-state index contributed by atoms with van der Waals surface area (Å²) in [6, 6.07) is 3.15. The maximum atomic E-state index is 11.7. The third-order valence-corrected chi connectivity index (χ3v) is 3.45. The van der Waals surface area contributed by atoms with Crippen molar-refractivity contribution in [3.05, 3.63) is 23.0 Å². The second-order valence-corrected chi connectivity index (χ2v) is 5.14. The van der Waals surface area contributed by atoms with Crippen LogP contribution in [0.5, 0.6) is 0 Å². The molecule has 2 rings (SSSR count). The van der Waals surface area contributed by atoms with Crippen molar-refractivity contribution in [3.63, 3.8) is 0 Å². The Bertz CT molecular complexity index is 404. The van der Waals surface area contributed by atoms with E-state index in [1.54, 1.807) is 12.1 Å². The normalized spacial score (nSPS) is 16.3. The molecule has 0 saturated carbocycles. The Morgan fingerprint density at radius 3 is 2.74 bits per heavy atom. The Kier molecular flexibility index (Phi) is 5.54. The molecule has 1 fully saturated rings. The van der Waals surface area contributed by atoms with Gasteiger partial charge in [-0.3, -0.25) is 4.79 Å². The Labute approximate surface area is 118 Å². The fourth-order valence-corrected chi connectivity index (χ4v) is 2.32. The molecular formula is C13H19ClN4O. The summed E-state index contributed by atoms with van der Waals surface area (Å²) < 4.78 is 0. The molecule has 1 aliphatic rings. The van der Waals surface area contributed by atoms with E-state index in [1.165, 1.54) is 32.4 Å². The van der Waals surface area contributed by atoms with E-state index in [-0.39, 0.29) is 5.91 Å². The zero-order valence-corrected chi connectivity index (χ0v) is 11.7. The largest absolute Gasteiger partial charge is 0.351 e. The highest BCUT2D eigenvalue weighted by atomic mass is 35.5. The van der Waals surface area contributed by atoms with Gasteiger partial charge in [0.05, 0.1) is 0 Å². The first-order valence-corrected chi connectivity index (χ1v) is 7.13. The predicted octanol–water partition coefficient (Wildman–Crippen LogP) is 1.74. The van der Waals surface area contributed by atoms with Crippen molar-refractivity contribution in [1.82, 2.24) is 20.4 Å². The molecule has 1 N–H and O–H groups in total. The highest BCUT2D eigenvalue weighted by Gasteiger charge is 2.10. The van der Waals surface area contributed by atoms with Gasteiger partial charge in [0.1, 0.15) is 0 Å². The van der Waals surface area contributed by atoms with Crippen LogP contribution >= 0.6 is 11.6 Å². The Morgan fingerprint density at radius 1 is 1.26 bits per heavy atom. The molecule has 0 aliphatic carbocycles. The van der Waals surface area contributed by atoms with Crippen molar-refractivity contribution in [3.8, 4) is 0 Å². The number of hydrogen-bond acceptors (Lipinski definition) is 4. The second kappa shape index (κ2) is 7.40. The minimum atomic E-state index is -0.192. The summed E-state index contributed by atoms with van der Waals surface area (Å²) in [6.45, 7) is 4.10. The Morgan fingerprint density at radius 2 is 2.05 bits per heavy atom. The molecule has 1 saturated heterocycles. The van der Waals surface area contributed by atoms with Crippen molar-refractivity contribution in [1.29, 1.82) is 0 Å². The van der Waals surface area contributed by atoms with Gasteiger partial charge >= 0.3 is 0 Å². The molecule has 0 radical (unpaired) electrons. The average Bonchev–Trinajstić information content (AvgIpc) is 2.45. The minimum absolute atomic E-state index is 0.192. The summed E-state index contributed by atoms with van der Waals surface area (Å²) in [5.41, 5.74) is 0.308. The number of rotatable bonds is 5. The summed E-state index contributed by atoms with van der Waals surface area (Å²) >= 11 is 5.62. The molecule has 5 nitrogen and oxygen atoms in total. The average molecular weight is 283 g/mol. The topological polar surface area (TPSA) is 58.1 Å². The number of likely N-dealkylation sites (tertiary alicyclic amines) is 1. The van der Waals surface area contributed by atoms with Crippen molar-refractivity contribution >= 4 is 17.5 Å². The standard InChI is InChI=1S/C13H19ClN4O/c14-12-6-5-11(16-17-12)13(19)15-7-4-10-18-8-2-1-3-9-18/h5-6H,1-4,7-10H2,(H,15,19). The molecule has 0 unspecified atom stereocenters. The molecule has 1 aromatic heterocycles. The summed E-state index contributed by atoms with van der Waals surface area (Å²) in [7, 11) is 0. The smallest absolute Gasteiger partial charge is 0.271 e. The molecule has 2 heterocycles. The van der Waals surface area contributed by atoms with E-state index in [1.807, 2.05) is 0 Å². The second-order valence-electron chi connectivity index (χ2n) is 4.75.